The average molecular weight is 391 g/mol. The van der Waals surface area contributed by atoms with Crippen molar-refractivity contribution in [2.75, 3.05) is 0 Å². The number of hydrogen-bond acceptors (Lipinski definition) is 6. The van der Waals surface area contributed by atoms with Crippen molar-refractivity contribution >= 4 is 28.2 Å². The van der Waals surface area contributed by atoms with Crippen LogP contribution in [-0.2, 0) is 4.74 Å². The Bertz CT molecular complexity index is 1210. The molecule has 2 heterocycles. The Morgan fingerprint density at radius 3 is 2.57 bits per heavy atom. The molecule has 0 saturated heterocycles. The Morgan fingerprint density at radius 1 is 1.07 bits per heavy atom. The second kappa shape index (κ2) is 7.36. The number of esters is 1. The molecule has 6 nitrogen and oxygen atoms in total. The normalized spacial score (nSPS) is 12.1. The zero-order valence-electron chi connectivity index (χ0n) is 15.3. The molecule has 7 heteroatoms. The second-order valence-corrected chi connectivity index (χ2v) is 7.31. The maximum absolute atomic E-state index is 12.7. The van der Waals surface area contributed by atoms with Crippen molar-refractivity contribution in [3.8, 4) is 10.6 Å². The Labute approximate surface area is 164 Å². The number of carbonyl (C=O) groups is 1. The summed E-state index contributed by atoms with van der Waals surface area (Å²) in [7, 11) is 0. The van der Waals surface area contributed by atoms with E-state index in [1.54, 1.807) is 38.1 Å². The number of para-hydroxylation sites is 1. The molecule has 0 aliphatic rings. The first-order chi connectivity index (χ1) is 13.5. The van der Waals surface area contributed by atoms with Gasteiger partial charge in [-0.15, -0.1) is 11.3 Å². The van der Waals surface area contributed by atoms with Crippen LogP contribution >= 0.6 is 11.3 Å². The number of aromatic nitrogens is 3. The minimum absolute atomic E-state index is 0.260. The Morgan fingerprint density at radius 2 is 1.79 bits per heavy atom. The van der Waals surface area contributed by atoms with Crippen molar-refractivity contribution in [1.29, 1.82) is 0 Å². The number of benzene rings is 2. The number of hydrogen-bond donors (Lipinski definition) is 1. The lowest BCUT2D eigenvalue weighted by atomic mass is 10.2. The van der Waals surface area contributed by atoms with Gasteiger partial charge in [0, 0.05) is 5.56 Å². The van der Waals surface area contributed by atoms with Gasteiger partial charge in [-0.1, -0.05) is 42.5 Å². The third-order valence-corrected chi connectivity index (χ3v) is 5.49. The number of carbonyl (C=O) groups excluding carboxylic acids is 1. The van der Waals surface area contributed by atoms with E-state index < -0.39 is 12.1 Å². The van der Waals surface area contributed by atoms with Crippen molar-refractivity contribution in [2.24, 2.45) is 0 Å². The van der Waals surface area contributed by atoms with Crippen LogP contribution in [0.2, 0.25) is 0 Å². The summed E-state index contributed by atoms with van der Waals surface area (Å²) >= 11 is 1.29. The molecule has 2 aromatic carbocycles. The Kier molecular flexibility index (Phi) is 4.75. The highest BCUT2D eigenvalue weighted by molar-refractivity contribution is 7.17. The summed E-state index contributed by atoms with van der Waals surface area (Å²) in [5, 5.41) is 1.26. The SMILES string of the molecule is Cc1nc(-c2ccccc2)sc1C(=O)O[C@H](C)c1nc2ccccc2c(=O)[nH]1. The highest BCUT2D eigenvalue weighted by Gasteiger charge is 2.21. The van der Waals surface area contributed by atoms with Gasteiger partial charge in [0.05, 0.1) is 16.6 Å². The minimum Gasteiger partial charge on any atom is -0.450 e. The zero-order chi connectivity index (χ0) is 19.7. The number of thiazole rings is 1. The molecular formula is C21H17N3O3S. The molecule has 1 atom stereocenters. The molecule has 28 heavy (non-hydrogen) atoms. The van der Waals surface area contributed by atoms with Gasteiger partial charge in [-0.05, 0) is 26.0 Å². The number of H-pyrrole nitrogens is 1. The largest absolute Gasteiger partial charge is 0.450 e. The average Bonchev–Trinajstić information content (AvgIpc) is 3.10. The van der Waals surface area contributed by atoms with Crippen LogP contribution in [0, 0.1) is 6.92 Å². The lowest BCUT2D eigenvalue weighted by Crippen LogP contribution is -2.17. The summed E-state index contributed by atoms with van der Waals surface area (Å²) in [6.45, 7) is 3.46. The molecule has 0 unspecified atom stereocenters. The van der Waals surface area contributed by atoms with E-state index in [1.165, 1.54) is 11.3 Å². The summed E-state index contributed by atoms with van der Waals surface area (Å²) in [5.41, 5.74) is 1.86. The molecule has 140 valence electrons. The van der Waals surface area contributed by atoms with Crippen molar-refractivity contribution in [3.63, 3.8) is 0 Å². The summed E-state index contributed by atoms with van der Waals surface area (Å²) < 4.78 is 5.56. The first kappa shape index (κ1) is 18.1. The number of nitrogens with one attached hydrogen (secondary N) is 1. The summed E-state index contributed by atoms with van der Waals surface area (Å²) in [5.74, 6) is -0.178. The molecule has 0 fully saturated rings. The first-order valence-electron chi connectivity index (χ1n) is 8.75. The van der Waals surface area contributed by atoms with Crippen LogP contribution in [-0.4, -0.2) is 20.9 Å². The van der Waals surface area contributed by atoms with Crippen molar-refractivity contribution in [3.05, 3.63) is 81.3 Å². The van der Waals surface area contributed by atoms with Gasteiger partial charge >= 0.3 is 5.97 Å². The molecule has 2 aromatic heterocycles. The minimum atomic E-state index is -0.702. The van der Waals surface area contributed by atoms with E-state index in [4.69, 9.17) is 4.74 Å². The van der Waals surface area contributed by atoms with Crippen molar-refractivity contribution < 1.29 is 9.53 Å². The van der Waals surface area contributed by atoms with Crippen LogP contribution in [0.15, 0.2) is 59.4 Å². The van der Waals surface area contributed by atoms with Gasteiger partial charge < -0.3 is 9.72 Å². The maximum atomic E-state index is 12.7. The van der Waals surface area contributed by atoms with E-state index >= 15 is 0 Å². The van der Waals surface area contributed by atoms with E-state index in [9.17, 15) is 9.59 Å². The van der Waals surface area contributed by atoms with Gasteiger partial charge in [-0.25, -0.2) is 14.8 Å². The second-order valence-electron chi connectivity index (χ2n) is 6.32. The van der Waals surface area contributed by atoms with Crippen LogP contribution in [0.3, 0.4) is 0 Å². The predicted octanol–water partition coefficient (Wildman–Crippen LogP) is 4.27. The third-order valence-electron chi connectivity index (χ3n) is 4.30. The van der Waals surface area contributed by atoms with Crippen LogP contribution < -0.4 is 5.56 Å². The van der Waals surface area contributed by atoms with Crippen molar-refractivity contribution in [1.82, 2.24) is 15.0 Å². The quantitative estimate of drug-likeness (QED) is 0.525. The Balaban J connectivity index is 1.59. The molecule has 0 radical (unpaired) electrons. The lowest BCUT2D eigenvalue weighted by Gasteiger charge is -2.12. The van der Waals surface area contributed by atoms with Gasteiger partial charge in [0.15, 0.2) is 11.9 Å². The van der Waals surface area contributed by atoms with E-state index in [1.807, 2.05) is 30.3 Å². The van der Waals surface area contributed by atoms with Gasteiger partial charge in [0.2, 0.25) is 0 Å². The number of aromatic amines is 1. The summed E-state index contributed by atoms with van der Waals surface area (Å²) in [6, 6.07) is 16.7. The predicted molar refractivity (Wildman–Crippen MR) is 108 cm³/mol. The maximum Gasteiger partial charge on any atom is 0.350 e. The molecular weight excluding hydrogens is 374 g/mol. The highest BCUT2D eigenvalue weighted by Crippen LogP contribution is 2.29. The van der Waals surface area contributed by atoms with E-state index in [2.05, 4.69) is 15.0 Å². The van der Waals surface area contributed by atoms with Gasteiger partial charge in [-0.2, -0.15) is 0 Å². The van der Waals surface area contributed by atoms with Gasteiger partial charge in [0.1, 0.15) is 9.88 Å². The molecule has 0 aliphatic heterocycles. The number of ether oxygens (including phenoxy) is 1. The lowest BCUT2D eigenvalue weighted by molar-refractivity contribution is 0.0325. The van der Waals surface area contributed by atoms with E-state index in [0.29, 0.717) is 27.3 Å². The Hall–Kier alpha value is -3.32. The van der Waals surface area contributed by atoms with E-state index in [-0.39, 0.29) is 5.56 Å². The third kappa shape index (κ3) is 3.44. The number of rotatable bonds is 4. The van der Waals surface area contributed by atoms with Crippen LogP contribution in [0.1, 0.15) is 34.2 Å². The molecule has 0 spiro atoms. The van der Waals surface area contributed by atoms with Crippen LogP contribution in [0.25, 0.3) is 21.5 Å². The van der Waals surface area contributed by atoms with Gasteiger partial charge in [-0.3, -0.25) is 4.79 Å². The highest BCUT2D eigenvalue weighted by atomic mass is 32.1. The molecule has 4 aromatic rings. The summed E-state index contributed by atoms with van der Waals surface area (Å²) in [6.07, 6.45) is -0.702. The number of aryl methyl sites for hydroxylation is 1. The van der Waals surface area contributed by atoms with Gasteiger partial charge in [0.25, 0.3) is 5.56 Å². The monoisotopic (exact) mass is 391 g/mol. The van der Waals surface area contributed by atoms with Crippen LogP contribution in [0.5, 0.6) is 0 Å². The zero-order valence-corrected chi connectivity index (χ0v) is 16.1. The van der Waals surface area contributed by atoms with Crippen LogP contribution in [0.4, 0.5) is 0 Å². The topological polar surface area (TPSA) is 84.9 Å². The number of nitrogens with zero attached hydrogens (tertiary/aromatic N) is 2. The van der Waals surface area contributed by atoms with E-state index in [0.717, 1.165) is 10.6 Å². The fourth-order valence-corrected chi connectivity index (χ4v) is 3.81. The molecule has 0 bridgehead atoms. The molecule has 0 saturated carbocycles. The first-order valence-corrected chi connectivity index (χ1v) is 9.57. The number of fused-ring (bicyclic) bond motifs is 1. The molecule has 1 N–H and O–H groups in total. The standard InChI is InChI=1S/C21H17N3O3S/c1-12-17(28-20(22-12)14-8-4-3-5-9-14)21(26)27-13(2)18-23-16-11-7-6-10-15(16)19(25)24-18/h3-11,13H,1-2H3,(H,23,24,25)/t13-/m1/s1. The fraction of sp³-hybridized carbons (Fsp3) is 0.143. The molecule has 4 rings (SSSR count). The smallest absolute Gasteiger partial charge is 0.350 e. The fourth-order valence-electron chi connectivity index (χ4n) is 2.86. The summed E-state index contributed by atoms with van der Waals surface area (Å²) in [4.78, 5) is 36.9. The van der Waals surface area contributed by atoms with Crippen molar-refractivity contribution in [2.45, 2.75) is 20.0 Å². The molecule has 0 aliphatic carbocycles. The molecule has 0 amide bonds.